The summed E-state index contributed by atoms with van der Waals surface area (Å²) in [6.45, 7) is -3.37. The SMILES string of the molecule is O=C(CO)[C@H](O)[C@H](O)[C@@H](O)CO.O=C(CO)[C@H](O)[C@H](O)[C@@H](O)CO. The number of Topliss-reactive ketones (excluding diaryl/α,β-unsaturated/α-hetero) is 2. The first-order valence-electron chi connectivity index (χ1n) is 6.66. The van der Waals surface area contributed by atoms with Crippen LogP contribution in [-0.2, 0) is 9.59 Å². The summed E-state index contributed by atoms with van der Waals surface area (Å²) in [5, 5.41) is 86.1. The van der Waals surface area contributed by atoms with Gasteiger partial charge in [0.1, 0.15) is 49.8 Å². The van der Waals surface area contributed by atoms with Gasteiger partial charge >= 0.3 is 0 Å². The number of aliphatic hydroxyl groups is 10. The molecule has 0 aliphatic heterocycles. The highest BCUT2D eigenvalue weighted by Gasteiger charge is 2.29. The maximum atomic E-state index is 10.5. The lowest BCUT2D eigenvalue weighted by Gasteiger charge is -2.19. The third kappa shape index (κ3) is 8.70. The third-order valence-electron chi connectivity index (χ3n) is 2.78. The van der Waals surface area contributed by atoms with Crippen LogP contribution in [0.2, 0.25) is 0 Å². The Morgan fingerprint density at radius 1 is 0.583 bits per heavy atom. The molecule has 0 rings (SSSR count). The number of carbonyl (C=O) groups is 2. The zero-order chi connectivity index (χ0) is 19.4. The van der Waals surface area contributed by atoms with Crippen molar-refractivity contribution < 1.29 is 60.7 Å². The normalized spacial score (nSPS) is 18.4. The van der Waals surface area contributed by atoms with Crippen LogP contribution < -0.4 is 0 Å². The minimum atomic E-state index is -1.86. The van der Waals surface area contributed by atoms with Crippen molar-refractivity contribution in [1.82, 2.24) is 0 Å². The average Bonchev–Trinajstić information content (AvgIpc) is 2.62. The van der Waals surface area contributed by atoms with Gasteiger partial charge in [0, 0.05) is 0 Å². The summed E-state index contributed by atoms with van der Waals surface area (Å²) in [7, 11) is 0. The summed E-state index contributed by atoms with van der Waals surface area (Å²) < 4.78 is 0. The number of ketones is 2. The molecule has 0 aliphatic rings. The molecule has 0 spiro atoms. The molecule has 12 nitrogen and oxygen atoms in total. The topological polar surface area (TPSA) is 236 Å². The Labute approximate surface area is 136 Å². The van der Waals surface area contributed by atoms with Crippen LogP contribution in [0.3, 0.4) is 0 Å². The second kappa shape index (κ2) is 13.3. The zero-order valence-electron chi connectivity index (χ0n) is 12.6. The Balaban J connectivity index is 0. The second-order valence-electron chi connectivity index (χ2n) is 4.62. The molecule has 0 radical (unpaired) electrons. The molecule has 0 aromatic carbocycles. The van der Waals surface area contributed by atoms with E-state index in [0.29, 0.717) is 0 Å². The highest BCUT2D eigenvalue weighted by molar-refractivity contribution is 5.84. The molecule has 6 atom stereocenters. The van der Waals surface area contributed by atoms with Crippen LogP contribution in [0.1, 0.15) is 0 Å². The predicted molar refractivity (Wildman–Crippen MR) is 74.4 cm³/mol. The predicted octanol–water partition coefficient (Wildman–Crippen LogP) is -6.75. The molecule has 24 heavy (non-hydrogen) atoms. The van der Waals surface area contributed by atoms with E-state index in [1.807, 2.05) is 0 Å². The van der Waals surface area contributed by atoms with Gasteiger partial charge in [0.2, 0.25) is 0 Å². The maximum absolute atomic E-state index is 10.5. The lowest BCUT2D eigenvalue weighted by molar-refractivity contribution is -0.143. The fraction of sp³-hybridized carbons (Fsp3) is 0.833. The van der Waals surface area contributed by atoms with Gasteiger partial charge < -0.3 is 51.1 Å². The molecular weight excluding hydrogens is 336 g/mol. The highest BCUT2D eigenvalue weighted by atomic mass is 16.4. The molecule has 0 aliphatic carbocycles. The molecule has 0 unspecified atom stereocenters. The minimum Gasteiger partial charge on any atom is -0.394 e. The van der Waals surface area contributed by atoms with Gasteiger partial charge in [-0.1, -0.05) is 0 Å². The summed E-state index contributed by atoms with van der Waals surface area (Å²) in [6, 6.07) is 0. The molecule has 0 heterocycles. The van der Waals surface area contributed by atoms with Crippen molar-refractivity contribution in [2.75, 3.05) is 26.4 Å². The summed E-state index contributed by atoms with van der Waals surface area (Å²) >= 11 is 0. The van der Waals surface area contributed by atoms with E-state index >= 15 is 0 Å². The van der Waals surface area contributed by atoms with E-state index in [-0.39, 0.29) is 0 Å². The van der Waals surface area contributed by atoms with Crippen LogP contribution in [0.5, 0.6) is 0 Å². The monoisotopic (exact) mass is 360 g/mol. The van der Waals surface area contributed by atoms with Crippen LogP contribution in [0.25, 0.3) is 0 Å². The fourth-order valence-electron chi connectivity index (χ4n) is 1.20. The van der Waals surface area contributed by atoms with Crippen LogP contribution in [0.4, 0.5) is 0 Å². The van der Waals surface area contributed by atoms with E-state index in [9.17, 15) is 9.59 Å². The van der Waals surface area contributed by atoms with Crippen LogP contribution in [0.15, 0.2) is 0 Å². The molecule has 0 aromatic heterocycles. The van der Waals surface area contributed by atoms with Crippen molar-refractivity contribution in [3.8, 4) is 0 Å². The molecule has 0 aromatic rings. The van der Waals surface area contributed by atoms with Crippen LogP contribution in [-0.4, -0.2) is 126 Å². The number of hydrogen-bond donors (Lipinski definition) is 10. The van der Waals surface area contributed by atoms with Crippen molar-refractivity contribution in [2.45, 2.75) is 36.6 Å². The molecule has 0 fully saturated rings. The highest BCUT2D eigenvalue weighted by Crippen LogP contribution is 2.01. The van der Waals surface area contributed by atoms with Gasteiger partial charge in [0.15, 0.2) is 11.6 Å². The van der Waals surface area contributed by atoms with Crippen molar-refractivity contribution in [3.05, 3.63) is 0 Å². The smallest absolute Gasteiger partial charge is 0.189 e. The Morgan fingerprint density at radius 2 is 0.833 bits per heavy atom. The van der Waals surface area contributed by atoms with Crippen molar-refractivity contribution in [2.24, 2.45) is 0 Å². The standard InChI is InChI=1S/2C6H12O6/c2*7-1-3(9)5(11)6(12)4(10)2-8/h2*3,5-9,11-12H,1-2H2/t2*3-,5+,6-/m00/s1. The molecular formula is C12H24O12. The molecule has 12 heteroatoms. The van der Waals surface area contributed by atoms with Gasteiger partial charge in [0.05, 0.1) is 13.2 Å². The first-order chi connectivity index (χ1) is 11.1. The quantitative estimate of drug-likeness (QED) is 0.175. The van der Waals surface area contributed by atoms with Crippen molar-refractivity contribution in [1.29, 1.82) is 0 Å². The second-order valence-corrected chi connectivity index (χ2v) is 4.62. The number of rotatable bonds is 10. The van der Waals surface area contributed by atoms with E-state index in [2.05, 4.69) is 0 Å². The maximum Gasteiger partial charge on any atom is 0.189 e. The summed E-state index contributed by atoms with van der Waals surface area (Å²) in [4.78, 5) is 21.0. The third-order valence-corrected chi connectivity index (χ3v) is 2.78. The van der Waals surface area contributed by atoms with Gasteiger partial charge in [0.25, 0.3) is 0 Å². The summed E-state index contributed by atoms with van der Waals surface area (Å²) in [5.41, 5.74) is 0. The molecule has 144 valence electrons. The van der Waals surface area contributed by atoms with Gasteiger partial charge in [-0.3, -0.25) is 9.59 Å². The zero-order valence-corrected chi connectivity index (χ0v) is 12.6. The minimum absolute atomic E-state index is 0.767. The van der Waals surface area contributed by atoms with Crippen molar-refractivity contribution in [3.63, 3.8) is 0 Å². The first-order valence-corrected chi connectivity index (χ1v) is 6.66. The largest absolute Gasteiger partial charge is 0.394 e. The lowest BCUT2D eigenvalue weighted by Crippen LogP contribution is -2.44. The molecule has 0 bridgehead atoms. The van der Waals surface area contributed by atoms with E-state index in [0.717, 1.165) is 0 Å². The first kappa shape index (κ1) is 25.2. The van der Waals surface area contributed by atoms with E-state index in [1.165, 1.54) is 0 Å². The molecule has 0 saturated carbocycles. The summed E-state index contributed by atoms with van der Waals surface area (Å²) in [5.74, 6) is -2.01. The molecule has 0 saturated heterocycles. The number of hydrogen-bond acceptors (Lipinski definition) is 12. The van der Waals surface area contributed by atoms with E-state index in [4.69, 9.17) is 51.1 Å². The number of carbonyl (C=O) groups excluding carboxylic acids is 2. The summed E-state index contributed by atoms with van der Waals surface area (Å²) in [6.07, 6.45) is -10.4. The Bertz CT molecular complexity index is 328. The fourth-order valence-corrected chi connectivity index (χ4v) is 1.20. The lowest BCUT2D eigenvalue weighted by atomic mass is 10.1. The van der Waals surface area contributed by atoms with E-state index in [1.54, 1.807) is 0 Å². The Hall–Kier alpha value is -1.06. The van der Waals surface area contributed by atoms with Crippen LogP contribution in [0, 0.1) is 0 Å². The molecule has 10 N–H and O–H groups in total. The van der Waals surface area contributed by atoms with Gasteiger partial charge in [-0.05, 0) is 0 Å². The number of aliphatic hydroxyl groups excluding tert-OH is 10. The van der Waals surface area contributed by atoms with Crippen molar-refractivity contribution >= 4 is 11.6 Å². The van der Waals surface area contributed by atoms with Crippen LogP contribution >= 0.6 is 0 Å². The van der Waals surface area contributed by atoms with Gasteiger partial charge in [-0.2, -0.15) is 0 Å². The van der Waals surface area contributed by atoms with Gasteiger partial charge in [-0.25, -0.2) is 0 Å². The van der Waals surface area contributed by atoms with Gasteiger partial charge in [-0.15, -0.1) is 0 Å². The average molecular weight is 360 g/mol. The Morgan fingerprint density at radius 3 is 1.00 bits per heavy atom. The molecule has 0 amide bonds. The Kier molecular flexibility index (Phi) is 13.9. The van der Waals surface area contributed by atoms with E-state index < -0.39 is 74.6 Å².